The van der Waals surface area contributed by atoms with Crippen LogP contribution in [0.2, 0.25) is 0 Å². The zero-order chi connectivity index (χ0) is 16.2. The molecule has 3 N–H and O–H groups in total. The molecule has 2 atom stereocenters. The van der Waals surface area contributed by atoms with Crippen molar-refractivity contribution in [3.8, 4) is 11.7 Å². The minimum absolute atomic E-state index is 0.0299. The van der Waals surface area contributed by atoms with Gasteiger partial charge in [-0.05, 0) is 44.4 Å². The number of carbonyl (C=O) groups excluding carboxylic acids is 1. The van der Waals surface area contributed by atoms with Crippen LogP contribution in [0, 0.1) is 12.8 Å². The number of nitrogens with two attached hydrogens (primary N) is 1. The van der Waals surface area contributed by atoms with E-state index in [1.165, 1.54) is 6.42 Å². The van der Waals surface area contributed by atoms with Crippen LogP contribution in [-0.2, 0) is 11.2 Å². The van der Waals surface area contributed by atoms with Crippen molar-refractivity contribution >= 4 is 5.91 Å². The Kier molecular flexibility index (Phi) is 4.81. The molecule has 3 rings (SSSR count). The summed E-state index contributed by atoms with van der Waals surface area (Å²) in [5.41, 5.74) is 6.46. The zero-order valence-corrected chi connectivity index (χ0v) is 13.4. The second-order valence-electron chi connectivity index (χ2n) is 6.13. The van der Waals surface area contributed by atoms with E-state index in [9.17, 15) is 4.79 Å². The van der Waals surface area contributed by atoms with Crippen LogP contribution in [0.3, 0.4) is 0 Å². The molecule has 0 saturated heterocycles. The molecule has 23 heavy (non-hydrogen) atoms. The minimum Gasteiger partial charge on any atom is -0.459 e. The number of amides is 1. The third-order valence-corrected chi connectivity index (χ3v) is 4.51. The number of hydrogen-bond donors (Lipinski definition) is 2. The minimum atomic E-state index is -0.0299. The van der Waals surface area contributed by atoms with E-state index in [0.29, 0.717) is 35.6 Å². The summed E-state index contributed by atoms with van der Waals surface area (Å²) >= 11 is 0. The molecule has 2 heterocycles. The summed E-state index contributed by atoms with van der Waals surface area (Å²) in [5, 5.41) is 3.12. The molecule has 1 saturated carbocycles. The normalized spacial score (nSPS) is 21.3. The first-order valence-electron chi connectivity index (χ1n) is 8.17. The highest BCUT2D eigenvalue weighted by Crippen LogP contribution is 2.24. The fourth-order valence-corrected chi connectivity index (χ4v) is 3.19. The Labute approximate surface area is 135 Å². The van der Waals surface area contributed by atoms with Gasteiger partial charge in [-0.25, -0.2) is 4.98 Å². The van der Waals surface area contributed by atoms with Crippen molar-refractivity contribution in [3.63, 3.8) is 0 Å². The van der Waals surface area contributed by atoms with Crippen LogP contribution >= 0.6 is 0 Å². The topological polar surface area (TPSA) is 94.3 Å². The van der Waals surface area contributed by atoms with Crippen LogP contribution in [0.15, 0.2) is 27.2 Å². The lowest BCUT2D eigenvalue weighted by Gasteiger charge is -2.31. The number of oxazole rings is 1. The third-order valence-electron chi connectivity index (χ3n) is 4.51. The molecule has 0 aromatic carbocycles. The van der Waals surface area contributed by atoms with Crippen LogP contribution < -0.4 is 11.1 Å². The van der Waals surface area contributed by atoms with Crippen molar-refractivity contribution in [2.75, 3.05) is 6.54 Å². The lowest BCUT2D eigenvalue weighted by Crippen LogP contribution is -2.45. The van der Waals surface area contributed by atoms with Crippen LogP contribution in [-0.4, -0.2) is 23.5 Å². The summed E-state index contributed by atoms with van der Waals surface area (Å²) in [6.45, 7) is 2.43. The van der Waals surface area contributed by atoms with E-state index in [1.807, 2.05) is 6.92 Å². The first-order chi connectivity index (χ1) is 11.2. The van der Waals surface area contributed by atoms with Gasteiger partial charge in [-0.15, -0.1) is 0 Å². The van der Waals surface area contributed by atoms with Crippen molar-refractivity contribution in [2.45, 2.75) is 45.1 Å². The molecule has 1 aliphatic rings. The molecule has 2 aromatic heterocycles. The van der Waals surface area contributed by atoms with Gasteiger partial charge in [0.1, 0.15) is 5.76 Å². The molecule has 0 aliphatic heterocycles. The third kappa shape index (κ3) is 3.64. The van der Waals surface area contributed by atoms with Gasteiger partial charge in [0.2, 0.25) is 5.91 Å². The molecule has 1 aliphatic carbocycles. The smallest absolute Gasteiger partial charge is 0.263 e. The second-order valence-corrected chi connectivity index (χ2v) is 6.13. The monoisotopic (exact) mass is 317 g/mol. The maximum absolute atomic E-state index is 12.3. The summed E-state index contributed by atoms with van der Waals surface area (Å²) in [4.78, 5) is 16.7. The summed E-state index contributed by atoms with van der Waals surface area (Å²) < 4.78 is 10.9. The Balaban J connectivity index is 1.63. The predicted molar refractivity (Wildman–Crippen MR) is 85.6 cm³/mol. The number of nitrogens with zero attached hydrogens (tertiary/aromatic N) is 1. The molecule has 0 bridgehead atoms. The Morgan fingerprint density at radius 1 is 1.43 bits per heavy atom. The maximum Gasteiger partial charge on any atom is 0.263 e. The summed E-state index contributed by atoms with van der Waals surface area (Å²) in [5.74, 6) is 1.97. The van der Waals surface area contributed by atoms with Crippen LogP contribution in [0.1, 0.15) is 37.1 Å². The summed E-state index contributed by atoms with van der Waals surface area (Å²) in [6.07, 6.45) is 6.22. The standard InChI is InChI=1S/C17H23N3O3/c1-11-14(20-17(23-11)15-7-4-8-22-15)9-16(21)19-13-6-3-2-5-12(13)10-18/h4,7-8,12-13H,2-3,5-6,9-10,18H2,1H3,(H,19,21). The van der Waals surface area contributed by atoms with Crippen molar-refractivity contribution < 1.29 is 13.6 Å². The number of nitrogens with one attached hydrogen (secondary N) is 1. The number of rotatable bonds is 5. The SMILES string of the molecule is Cc1oc(-c2ccco2)nc1CC(=O)NC1CCCCC1CN. The summed E-state index contributed by atoms with van der Waals surface area (Å²) in [6, 6.07) is 3.73. The highest BCUT2D eigenvalue weighted by atomic mass is 16.4. The highest BCUT2D eigenvalue weighted by Gasteiger charge is 2.26. The van der Waals surface area contributed by atoms with Gasteiger partial charge in [-0.1, -0.05) is 12.8 Å². The van der Waals surface area contributed by atoms with Crippen molar-refractivity contribution in [3.05, 3.63) is 29.9 Å². The van der Waals surface area contributed by atoms with Gasteiger partial charge < -0.3 is 19.9 Å². The molecule has 0 spiro atoms. The fourth-order valence-electron chi connectivity index (χ4n) is 3.19. The fraction of sp³-hybridized carbons (Fsp3) is 0.529. The van der Waals surface area contributed by atoms with E-state index in [4.69, 9.17) is 14.6 Å². The average Bonchev–Trinajstić information content (AvgIpc) is 3.18. The van der Waals surface area contributed by atoms with Gasteiger partial charge >= 0.3 is 0 Å². The number of carbonyl (C=O) groups is 1. The maximum atomic E-state index is 12.3. The van der Waals surface area contributed by atoms with E-state index in [0.717, 1.165) is 19.3 Å². The zero-order valence-electron chi connectivity index (χ0n) is 13.4. The Hall–Kier alpha value is -2.08. The van der Waals surface area contributed by atoms with Gasteiger partial charge in [-0.3, -0.25) is 4.79 Å². The van der Waals surface area contributed by atoms with Crippen LogP contribution in [0.5, 0.6) is 0 Å². The first-order valence-corrected chi connectivity index (χ1v) is 8.17. The van der Waals surface area contributed by atoms with Crippen LogP contribution in [0.25, 0.3) is 11.7 Å². The molecular weight excluding hydrogens is 294 g/mol. The van der Waals surface area contributed by atoms with E-state index in [2.05, 4.69) is 10.3 Å². The molecule has 2 aromatic rings. The second kappa shape index (κ2) is 7.00. The lowest BCUT2D eigenvalue weighted by molar-refractivity contribution is -0.121. The molecule has 1 amide bonds. The quantitative estimate of drug-likeness (QED) is 0.883. The molecule has 124 valence electrons. The molecular formula is C17H23N3O3. The summed E-state index contributed by atoms with van der Waals surface area (Å²) in [7, 11) is 0. The molecule has 2 unspecified atom stereocenters. The van der Waals surface area contributed by atoms with E-state index >= 15 is 0 Å². The predicted octanol–water partition coefficient (Wildman–Crippen LogP) is 2.42. The van der Waals surface area contributed by atoms with Gasteiger partial charge in [0.15, 0.2) is 5.76 Å². The van der Waals surface area contributed by atoms with E-state index in [1.54, 1.807) is 18.4 Å². The number of aromatic nitrogens is 1. The van der Waals surface area contributed by atoms with Crippen molar-refractivity contribution in [1.82, 2.24) is 10.3 Å². The average molecular weight is 317 g/mol. The number of hydrogen-bond acceptors (Lipinski definition) is 5. The van der Waals surface area contributed by atoms with Gasteiger partial charge in [-0.2, -0.15) is 0 Å². The largest absolute Gasteiger partial charge is 0.459 e. The number of aryl methyl sites for hydroxylation is 1. The Morgan fingerprint density at radius 3 is 3.00 bits per heavy atom. The van der Waals surface area contributed by atoms with Crippen molar-refractivity contribution in [1.29, 1.82) is 0 Å². The molecule has 0 radical (unpaired) electrons. The molecule has 6 heteroatoms. The molecule has 1 fully saturated rings. The van der Waals surface area contributed by atoms with Crippen LogP contribution in [0.4, 0.5) is 0 Å². The molecule has 6 nitrogen and oxygen atoms in total. The van der Waals surface area contributed by atoms with Gasteiger partial charge in [0.25, 0.3) is 5.89 Å². The van der Waals surface area contributed by atoms with Gasteiger partial charge in [0, 0.05) is 6.04 Å². The highest BCUT2D eigenvalue weighted by molar-refractivity contribution is 5.78. The number of furan rings is 1. The van der Waals surface area contributed by atoms with Crippen molar-refractivity contribution in [2.24, 2.45) is 11.7 Å². The van der Waals surface area contributed by atoms with E-state index in [-0.39, 0.29) is 18.4 Å². The lowest BCUT2D eigenvalue weighted by atomic mass is 9.84. The van der Waals surface area contributed by atoms with Gasteiger partial charge in [0.05, 0.1) is 18.4 Å². The van der Waals surface area contributed by atoms with E-state index < -0.39 is 0 Å². The Morgan fingerprint density at radius 2 is 2.26 bits per heavy atom. The Bertz CT molecular complexity index is 648. The first kappa shape index (κ1) is 15.8.